The molecule has 6 heteroatoms. The van der Waals surface area contributed by atoms with Gasteiger partial charge >= 0.3 is 0 Å². The molecule has 23 heavy (non-hydrogen) atoms. The van der Waals surface area contributed by atoms with Crippen LogP contribution in [0.3, 0.4) is 0 Å². The Morgan fingerprint density at radius 3 is 2.35 bits per heavy atom. The van der Waals surface area contributed by atoms with Crippen LogP contribution in [0.2, 0.25) is 0 Å². The van der Waals surface area contributed by atoms with Crippen molar-refractivity contribution in [2.24, 2.45) is 0 Å². The van der Waals surface area contributed by atoms with E-state index >= 15 is 0 Å². The van der Waals surface area contributed by atoms with Crippen molar-refractivity contribution in [2.45, 2.75) is 19.6 Å². The molecule has 0 aliphatic carbocycles. The van der Waals surface area contributed by atoms with Gasteiger partial charge in [-0.3, -0.25) is 4.79 Å². The van der Waals surface area contributed by atoms with Gasteiger partial charge in [0.25, 0.3) is 0 Å². The van der Waals surface area contributed by atoms with Gasteiger partial charge < -0.3 is 0 Å². The predicted octanol–water partition coefficient (Wildman–Crippen LogP) is 4.06. The maximum Gasteiger partial charge on any atom is 0.194 e. The number of aryl methyl sites for hydroxylation is 1. The standard InChI is InChI=1S/C17H16BrFO3S/c1-3-23(21,22)10-12-4-6-15(16(18)9-12)17(20)14-7-5-13(19)8-11(14)2/h4-9H,3,10H2,1-2H3. The molecule has 0 unspecified atom stereocenters. The fourth-order valence-electron chi connectivity index (χ4n) is 2.22. The number of benzene rings is 2. The monoisotopic (exact) mass is 398 g/mol. The molecule has 2 aromatic rings. The SMILES string of the molecule is CCS(=O)(=O)Cc1ccc(C(=O)c2ccc(F)cc2C)c(Br)c1. The molecule has 0 N–H and O–H groups in total. The van der Waals surface area contributed by atoms with Crippen molar-refractivity contribution in [2.75, 3.05) is 5.75 Å². The molecule has 0 aliphatic rings. The molecule has 0 amide bonds. The van der Waals surface area contributed by atoms with Crippen LogP contribution < -0.4 is 0 Å². The van der Waals surface area contributed by atoms with Crippen LogP contribution >= 0.6 is 15.9 Å². The molecule has 0 heterocycles. The van der Waals surface area contributed by atoms with E-state index in [9.17, 15) is 17.6 Å². The highest BCUT2D eigenvalue weighted by molar-refractivity contribution is 9.10. The summed E-state index contributed by atoms with van der Waals surface area (Å²) in [4.78, 5) is 12.6. The second-order valence-corrected chi connectivity index (χ2v) is 8.49. The smallest absolute Gasteiger partial charge is 0.194 e. The first-order valence-electron chi connectivity index (χ1n) is 7.03. The van der Waals surface area contributed by atoms with Crippen molar-refractivity contribution < 1.29 is 17.6 Å². The summed E-state index contributed by atoms with van der Waals surface area (Å²) < 4.78 is 37.0. The van der Waals surface area contributed by atoms with Gasteiger partial charge in [-0.15, -0.1) is 0 Å². The van der Waals surface area contributed by atoms with Gasteiger partial charge in [-0.05, 0) is 48.4 Å². The normalized spacial score (nSPS) is 11.5. The lowest BCUT2D eigenvalue weighted by Crippen LogP contribution is -2.08. The van der Waals surface area contributed by atoms with E-state index in [0.29, 0.717) is 26.7 Å². The number of sulfone groups is 1. The molecule has 2 aromatic carbocycles. The summed E-state index contributed by atoms with van der Waals surface area (Å²) in [6.07, 6.45) is 0. The third-order valence-corrected chi connectivity index (χ3v) is 5.85. The maximum atomic E-state index is 13.2. The van der Waals surface area contributed by atoms with Crippen LogP contribution in [0.1, 0.15) is 34.0 Å². The van der Waals surface area contributed by atoms with Gasteiger partial charge in [-0.1, -0.05) is 28.9 Å². The lowest BCUT2D eigenvalue weighted by Gasteiger charge is -2.09. The molecule has 2 rings (SSSR count). The molecule has 0 saturated carbocycles. The van der Waals surface area contributed by atoms with Crippen LogP contribution in [0, 0.1) is 12.7 Å². The van der Waals surface area contributed by atoms with Crippen LogP contribution in [0.4, 0.5) is 4.39 Å². The summed E-state index contributed by atoms with van der Waals surface area (Å²) in [5, 5.41) is 0. The zero-order valence-corrected chi connectivity index (χ0v) is 15.2. The highest BCUT2D eigenvalue weighted by Gasteiger charge is 2.17. The van der Waals surface area contributed by atoms with Gasteiger partial charge in [0, 0.05) is 21.4 Å². The summed E-state index contributed by atoms with van der Waals surface area (Å²) >= 11 is 3.32. The van der Waals surface area contributed by atoms with Gasteiger partial charge in [0.1, 0.15) is 5.82 Å². The Labute approximate surface area is 143 Å². The van der Waals surface area contributed by atoms with Crippen LogP contribution in [0.25, 0.3) is 0 Å². The number of hydrogen-bond acceptors (Lipinski definition) is 3. The maximum absolute atomic E-state index is 13.2. The zero-order valence-electron chi connectivity index (χ0n) is 12.8. The van der Waals surface area contributed by atoms with Crippen LogP contribution in [0.15, 0.2) is 40.9 Å². The fraction of sp³-hybridized carbons (Fsp3) is 0.235. The lowest BCUT2D eigenvalue weighted by molar-refractivity contribution is 0.103. The van der Waals surface area contributed by atoms with E-state index < -0.39 is 15.7 Å². The van der Waals surface area contributed by atoms with E-state index in [0.717, 1.165) is 0 Å². The summed E-state index contributed by atoms with van der Waals surface area (Å²) in [5.74, 6) is -0.621. The van der Waals surface area contributed by atoms with E-state index in [1.165, 1.54) is 18.2 Å². The molecule has 122 valence electrons. The average Bonchev–Trinajstić information content (AvgIpc) is 2.46. The minimum Gasteiger partial charge on any atom is -0.289 e. The van der Waals surface area contributed by atoms with Crippen molar-refractivity contribution >= 4 is 31.6 Å². The molecular weight excluding hydrogens is 383 g/mol. The van der Waals surface area contributed by atoms with E-state index in [1.807, 2.05) is 0 Å². The Hall–Kier alpha value is -1.53. The summed E-state index contributed by atoms with van der Waals surface area (Å²) in [6, 6.07) is 8.87. The molecule has 0 saturated heterocycles. The van der Waals surface area contributed by atoms with Crippen molar-refractivity contribution in [3.63, 3.8) is 0 Å². The van der Waals surface area contributed by atoms with Crippen molar-refractivity contribution in [1.29, 1.82) is 0 Å². The fourth-order valence-corrected chi connectivity index (χ4v) is 3.71. The zero-order chi connectivity index (χ0) is 17.2. The molecular formula is C17H16BrFO3S. The molecule has 0 bridgehead atoms. The minimum absolute atomic E-state index is 0.0633. The topological polar surface area (TPSA) is 51.2 Å². The third kappa shape index (κ3) is 4.26. The Kier molecular flexibility index (Phi) is 5.37. The van der Waals surface area contributed by atoms with E-state index in [1.54, 1.807) is 32.0 Å². The molecule has 0 aromatic heterocycles. The van der Waals surface area contributed by atoms with Crippen molar-refractivity contribution in [1.82, 2.24) is 0 Å². The van der Waals surface area contributed by atoms with Gasteiger partial charge in [-0.2, -0.15) is 0 Å². The molecule has 0 atom stereocenters. The first-order valence-corrected chi connectivity index (χ1v) is 9.64. The first kappa shape index (κ1) is 17.8. The van der Waals surface area contributed by atoms with E-state index in [4.69, 9.17) is 0 Å². The van der Waals surface area contributed by atoms with Crippen LogP contribution in [-0.2, 0) is 15.6 Å². The van der Waals surface area contributed by atoms with E-state index in [-0.39, 0.29) is 17.3 Å². The average molecular weight is 399 g/mol. The Balaban J connectivity index is 2.35. The summed E-state index contributed by atoms with van der Waals surface area (Å²) in [6.45, 7) is 3.27. The molecule has 3 nitrogen and oxygen atoms in total. The molecule has 0 aliphatic heterocycles. The Bertz CT molecular complexity index is 860. The van der Waals surface area contributed by atoms with Gasteiger partial charge in [0.15, 0.2) is 15.6 Å². The first-order chi connectivity index (χ1) is 10.7. The number of ketones is 1. The summed E-state index contributed by atoms with van der Waals surface area (Å²) in [7, 11) is -3.13. The quantitative estimate of drug-likeness (QED) is 0.713. The van der Waals surface area contributed by atoms with Crippen molar-refractivity contribution in [3.8, 4) is 0 Å². The van der Waals surface area contributed by atoms with Gasteiger partial charge in [0.05, 0.1) is 5.75 Å². The summed E-state index contributed by atoms with van der Waals surface area (Å²) in [5.41, 5.74) is 2.00. The molecule has 0 radical (unpaired) electrons. The predicted molar refractivity (Wildman–Crippen MR) is 91.9 cm³/mol. The minimum atomic E-state index is -3.13. The number of carbonyl (C=O) groups is 1. The number of carbonyl (C=O) groups excluding carboxylic acids is 1. The number of rotatable bonds is 5. The Morgan fingerprint density at radius 1 is 1.13 bits per heavy atom. The highest BCUT2D eigenvalue weighted by Crippen LogP contribution is 2.24. The largest absolute Gasteiger partial charge is 0.289 e. The number of hydrogen-bond donors (Lipinski definition) is 0. The third-order valence-electron chi connectivity index (χ3n) is 3.54. The molecule has 0 spiro atoms. The highest BCUT2D eigenvalue weighted by atomic mass is 79.9. The van der Waals surface area contributed by atoms with Gasteiger partial charge in [0.2, 0.25) is 0 Å². The lowest BCUT2D eigenvalue weighted by atomic mass is 9.98. The number of halogens is 2. The van der Waals surface area contributed by atoms with E-state index in [2.05, 4.69) is 15.9 Å². The second kappa shape index (κ2) is 6.93. The van der Waals surface area contributed by atoms with Gasteiger partial charge in [-0.25, -0.2) is 12.8 Å². The second-order valence-electron chi connectivity index (χ2n) is 5.28. The van der Waals surface area contributed by atoms with Crippen LogP contribution in [-0.4, -0.2) is 20.0 Å². The van der Waals surface area contributed by atoms with Crippen LogP contribution in [0.5, 0.6) is 0 Å². The Morgan fingerprint density at radius 2 is 1.78 bits per heavy atom. The van der Waals surface area contributed by atoms with Crippen molar-refractivity contribution in [3.05, 3.63) is 68.9 Å². The molecule has 0 fully saturated rings.